The van der Waals surface area contributed by atoms with E-state index in [-0.39, 0.29) is 47.5 Å². The number of hydrogen-bond acceptors (Lipinski definition) is 17. The number of rotatable bonds is 6. The molecule has 3 aliphatic rings. The van der Waals surface area contributed by atoms with Gasteiger partial charge in [-0.15, -0.1) is 12.4 Å². The third-order valence-electron chi connectivity index (χ3n) is 14.5. The standard InChI is InChI=1S/C25H25FN4O3.C24H23FN4O3.C20H17FN4O.ClH/c1-24(2,3)32-23(31)30-14-6-13-25(30,4)22-28-21(29-33-22)20-12-11-18(16-27-20)10-9-17-7-5-8-19(26)15-17;1-24(2,3)31-23(30)29-13-5-8-20(29)22-27-21(28-32-22)19-12-11-17(15-26-19)10-9-16-6-4-7-18(25)14-16;1-20(10-3-11-23-20)19-24-18(25-26-19)17-9-8-15(13-22-17)7-6-14-4-2-5-16(21)12-14;/h5,7-8,11-12,15-16H,6,13-14H2,1-4H3;4,6-7,11-12,14-15,20H,5,8,13H2,1-3H3;2,4-5,8-9,12-13,23H,3,10-11H2,1H3;1H. The van der Waals surface area contributed by atoms with E-state index in [9.17, 15) is 22.8 Å². The molecule has 0 bridgehead atoms. The van der Waals surface area contributed by atoms with Crippen molar-refractivity contribution in [2.24, 2.45) is 0 Å². The van der Waals surface area contributed by atoms with E-state index in [1.54, 1.807) is 95.1 Å². The monoisotopic (exact) mass is 1270 g/mol. The Morgan fingerprint density at radius 1 is 0.543 bits per heavy atom. The van der Waals surface area contributed by atoms with E-state index in [2.05, 4.69) is 93.1 Å². The van der Waals surface area contributed by atoms with Crippen molar-refractivity contribution in [1.82, 2.24) is 60.5 Å². The van der Waals surface area contributed by atoms with Gasteiger partial charge in [0.05, 0.1) is 5.54 Å². The first-order valence-corrected chi connectivity index (χ1v) is 29.5. The molecule has 6 aromatic heterocycles. The zero-order valence-corrected chi connectivity index (χ0v) is 52.7. The van der Waals surface area contributed by atoms with Crippen LogP contribution in [-0.4, -0.2) is 98.2 Å². The highest BCUT2D eigenvalue weighted by Crippen LogP contribution is 2.40. The zero-order chi connectivity index (χ0) is 64.3. The second kappa shape index (κ2) is 28.7. The topological polar surface area (TPSA) is 227 Å². The summed E-state index contributed by atoms with van der Waals surface area (Å²) in [6.07, 6.45) is 9.17. The van der Waals surface area contributed by atoms with Crippen LogP contribution in [0.4, 0.5) is 22.8 Å². The molecule has 9 heterocycles. The van der Waals surface area contributed by atoms with Crippen LogP contribution in [0.15, 0.2) is 141 Å². The average molecular weight is 1270 g/mol. The summed E-state index contributed by atoms with van der Waals surface area (Å²) in [4.78, 5) is 55.1. The number of halogens is 4. The number of hydrogen-bond donors (Lipinski definition) is 1. The Bertz CT molecular complexity index is 4240. The molecule has 0 saturated carbocycles. The first-order chi connectivity index (χ1) is 43.5. The predicted molar refractivity (Wildman–Crippen MR) is 336 cm³/mol. The highest BCUT2D eigenvalue weighted by atomic mass is 35.5. The molecule has 3 unspecified atom stereocenters. The molecule has 0 radical (unpaired) electrons. The van der Waals surface area contributed by atoms with Gasteiger partial charge < -0.3 is 28.4 Å². The fraction of sp³-hybridized carbons (Fsp3) is 0.319. The molecule has 0 spiro atoms. The number of benzene rings is 3. The summed E-state index contributed by atoms with van der Waals surface area (Å²) < 4.78 is 67.2. The lowest BCUT2D eigenvalue weighted by molar-refractivity contribution is 0.00435. The summed E-state index contributed by atoms with van der Waals surface area (Å²) in [7, 11) is 0. The van der Waals surface area contributed by atoms with Crippen LogP contribution in [0, 0.1) is 53.0 Å². The van der Waals surface area contributed by atoms with E-state index in [0.29, 0.717) is 99.6 Å². The Kier molecular flexibility index (Phi) is 20.7. The van der Waals surface area contributed by atoms with Crippen LogP contribution < -0.4 is 5.32 Å². The molecule has 3 aliphatic heterocycles. The Hall–Kier alpha value is -10.2. The number of pyridine rings is 3. The van der Waals surface area contributed by atoms with Crippen LogP contribution in [-0.2, 0) is 20.6 Å². The van der Waals surface area contributed by atoms with E-state index in [0.717, 1.165) is 44.2 Å². The van der Waals surface area contributed by atoms with Crippen molar-refractivity contribution in [1.29, 1.82) is 0 Å². The molecular weight excluding hydrogens is 1200 g/mol. The van der Waals surface area contributed by atoms with Crippen LogP contribution in [0.1, 0.15) is 151 Å². The minimum Gasteiger partial charge on any atom is -0.444 e. The first kappa shape index (κ1) is 66.2. The lowest BCUT2D eigenvalue weighted by Gasteiger charge is -2.33. The average Bonchev–Trinajstić information content (AvgIpc) is 1.63. The van der Waals surface area contributed by atoms with Gasteiger partial charge in [-0.05, 0) is 191 Å². The van der Waals surface area contributed by atoms with Crippen molar-refractivity contribution in [2.75, 3.05) is 19.6 Å². The van der Waals surface area contributed by atoms with Crippen molar-refractivity contribution >= 4 is 24.6 Å². The maximum Gasteiger partial charge on any atom is 0.411 e. The van der Waals surface area contributed by atoms with Crippen LogP contribution in [0.5, 0.6) is 0 Å². The van der Waals surface area contributed by atoms with Gasteiger partial charge in [-0.1, -0.05) is 69.2 Å². The van der Waals surface area contributed by atoms with E-state index in [1.807, 2.05) is 54.5 Å². The Morgan fingerprint density at radius 3 is 1.43 bits per heavy atom. The van der Waals surface area contributed by atoms with Gasteiger partial charge in [0, 0.05) is 65.1 Å². The molecule has 472 valence electrons. The Labute approximate surface area is 536 Å². The molecule has 92 heavy (non-hydrogen) atoms. The molecule has 19 nitrogen and oxygen atoms in total. The van der Waals surface area contributed by atoms with Crippen LogP contribution >= 0.6 is 12.4 Å². The second-order valence-electron chi connectivity index (χ2n) is 24.1. The van der Waals surface area contributed by atoms with Crippen molar-refractivity contribution in [3.8, 4) is 70.1 Å². The van der Waals surface area contributed by atoms with E-state index in [4.69, 9.17) is 23.0 Å². The van der Waals surface area contributed by atoms with E-state index in [1.165, 1.54) is 36.4 Å². The molecule has 3 fully saturated rings. The fourth-order valence-corrected chi connectivity index (χ4v) is 9.94. The molecule has 9 aromatic rings. The number of carbonyl (C=O) groups excluding carboxylic acids is 2. The lowest BCUT2D eigenvalue weighted by Crippen LogP contribution is -2.45. The SMILES string of the molecule is CC(C)(C)OC(=O)N1CCCC1(C)c1nc(-c2ccc(C#Cc3cccc(F)c3)cn2)no1.CC(C)(C)OC(=O)N1CCCC1c1nc(-c2ccc(C#Cc3cccc(F)c3)cn2)no1.CC1(c2nc(-c3ccc(C#Cc4cccc(F)c4)cn3)no2)CCCN1.Cl. The second-order valence-corrected chi connectivity index (χ2v) is 24.1. The number of carbonyl (C=O) groups is 2. The van der Waals surface area contributed by atoms with Gasteiger partial charge >= 0.3 is 12.2 Å². The van der Waals surface area contributed by atoms with Gasteiger partial charge in [0.15, 0.2) is 0 Å². The molecule has 3 atom stereocenters. The molecule has 2 amide bonds. The number of likely N-dealkylation sites (tertiary alicyclic amines) is 2. The van der Waals surface area contributed by atoms with E-state index < -0.39 is 22.8 Å². The molecule has 1 N–H and O–H groups in total. The third-order valence-corrected chi connectivity index (χ3v) is 14.5. The molecule has 3 aromatic carbocycles. The Morgan fingerprint density at radius 2 is 0.989 bits per heavy atom. The molecule has 12 rings (SSSR count). The summed E-state index contributed by atoms with van der Waals surface area (Å²) >= 11 is 0. The minimum atomic E-state index is -0.746. The number of nitrogens with one attached hydrogen (secondary N) is 1. The lowest BCUT2D eigenvalue weighted by atomic mass is 9.99. The van der Waals surface area contributed by atoms with Crippen LogP contribution in [0.3, 0.4) is 0 Å². The van der Waals surface area contributed by atoms with E-state index >= 15 is 0 Å². The van der Waals surface area contributed by atoms with Gasteiger partial charge in [-0.25, -0.2) is 22.8 Å². The first-order valence-electron chi connectivity index (χ1n) is 29.5. The van der Waals surface area contributed by atoms with Crippen LogP contribution in [0.25, 0.3) is 34.6 Å². The Balaban J connectivity index is 0.000000163. The zero-order valence-electron chi connectivity index (χ0n) is 51.9. The third kappa shape index (κ3) is 17.2. The molecule has 23 heteroatoms. The van der Waals surface area contributed by atoms with Gasteiger partial charge in [0.1, 0.15) is 57.3 Å². The van der Waals surface area contributed by atoms with Crippen LogP contribution in [0.2, 0.25) is 0 Å². The quantitative estimate of drug-likeness (QED) is 0.153. The smallest absolute Gasteiger partial charge is 0.411 e. The largest absolute Gasteiger partial charge is 0.444 e. The maximum absolute atomic E-state index is 13.3. The van der Waals surface area contributed by atoms with Crippen molar-refractivity contribution < 1.29 is 45.8 Å². The van der Waals surface area contributed by atoms with Crippen molar-refractivity contribution in [3.05, 3.63) is 196 Å². The van der Waals surface area contributed by atoms with Gasteiger partial charge in [0.25, 0.3) is 5.89 Å². The van der Waals surface area contributed by atoms with Crippen molar-refractivity contribution in [3.63, 3.8) is 0 Å². The number of nitrogens with zero attached hydrogens (tertiary/aromatic N) is 11. The number of aromatic nitrogens is 9. The number of amides is 2. The summed E-state index contributed by atoms with van der Waals surface area (Å²) in [6, 6.07) is 28.8. The maximum atomic E-state index is 13.3. The fourth-order valence-electron chi connectivity index (χ4n) is 9.94. The molecule has 0 aliphatic carbocycles. The normalized spacial score (nSPS) is 17.4. The molecular formula is C69H66ClF3N12O7. The van der Waals surface area contributed by atoms with Gasteiger partial charge in [0.2, 0.25) is 29.3 Å². The summed E-state index contributed by atoms with van der Waals surface area (Å²) in [5.41, 5.74) is 3.36. The highest BCUT2D eigenvalue weighted by molar-refractivity contribution is 5.85. The van der Waals surface area contributed by atoms with Gasteiger partial charge in [-0.2, -0.15) is 15.0 Å². The van der Waals surface area contributed by atoms with Crippen molar-refractivity contribution in [2.45, 2.75) is 122 Å². The summed E-state index contributed by atoms with van der Waals surface area (Å²) in [5.74, 6) is 19.1. The van der Waals surface area contributed by atoms with Gasteiger partial charge in [-0.3, -0.25) is 24.8 Å². The summed E-state index contributed by atoms with van der Waals surface area (Å²) in [6.45, 7) is 17.0. The summed E-state index contributed by atoms with van der Waals surface area (Å²) in [5, 5.41) is 15.5. The number of ether oxygens (including phenoxy) is 2. The highest BCUT2D eigenvalue weighted by Gasteiger charge is 2.47. The predicted octanol–water partition coefficient (Wildman–Crippen LogP) is 13.3. The minimum absolute atomic E-state index is 0. The molecule has 3 saturated heterocycles.